The lowest BCUT2D eigenvalue weighted by atomic mass is 10.2. The normalized spacial score (nSPS) is 10.3. The van der Waals surface area contributed by atoms with Gasteiger partial charge in [-0.05, 0) is 17.7 Å². The lowest BCUT2D eigenvalue weighted by Gasteiger charge is -2.03. The maximum absolute atomic E-state index is 11.9. The number of carbonyl (C=O) groups is 1. The van der Waals surface area contributed by atoms with E-state index >= 15 is 0 Å². The highest BCUT2D eigenvalue weighted by Gasteiger charge is 2.12. The molecular weight excluding hydrogens is 276 g/mol. The lowest BCUT2D eigenvalue weighted by molar-refractivity contribution is -0.384. The number of rotatable bonds is 6. The van der Waals surface area contributed by atoms with Crippen molar-refractivity contribution in [2.24, 2.45) is 0 Å². The Kier molecular flexibility index (Phi) is 4.68. The van der Waals surface area contributed by atoms with Crippen molar-refractivity contribution in [3.8, 4) is 0 Å². The molecule has 0 spiro atoms. The second kappa shape index (κ2) is 6.67. The number of nitrogens with zero attached hydrogens (tertiary/aromatic N) is 1. The first-order chi connectivity index (χ1) is 10.1. The Morgan fingerprint density at radius 2 is 2.19 bits per heavy atom. The smallest absolute Gasteiger partial charge is 0.287 e. The van der Waals surface area contributed by atoms with Gasteiger partial charge in [0.05, 0.1) is 4.92 Å². The highest BCUT2D eigenvalue weighted by atomic mass is 16.6. The summed E-state index contributed by atoms with van der Waals surface area (Å²) in [4.78, 5) is 22.1. The molecule has 7 heteroatoms. The monoisotopic (exact) mass is 290 g/mol. The zero-order valence-electron chi connectivity index (χ0n) is 11.4. The molecule has 0 atom stereocenters. The number of furan rings is 1. The summed E-state index contributed by atoms with van der Waals surface area (Å²) in [6.45, 7) is 0.471. The SMILES string of the molecule is COCc1ccc(C(=O)NCc2cccc([N+](=O)[O-])c2)o1. The van der Waals surface area contributed by atoms with E-state index in [4.69, 9.17) is 9.15 Å². The highest BCUT2D eigenvalue weighted by molar-refractivity contribution is 5.91. The maximum Gasteiger partial charge on any atom is 0.287 e. The van der Waals surface area contributed by atoms with E-state index in [2.05, 4.69) is 5.32 Å². The predicted molar refractivity (Wildman–Crippen MR) is 73.7 cm³/mol. The van der Waals surface area contributed by atoms with Gasteiger partial charge in [0, 0.05) is 25.8 Å². The molecule has 1 amide bonds. The van der Waals surface area contributed by atoms with Crippen molar-refractivity contribution in [2.45, 2.75) is 13.2 Å². The van der Waals surface area contributed by atoms with Crippen LogP contribution in [0.5, 0.6) is 0 Å². The van der Waals surface area contributed by atoms with Crippen molar-refractivity contribution in [2.75, 3.05) is 7.11 Å². The standard InChI is InChI=1S/C14H14N2O5/c1-20-9-12-5-6-13(21-12)14(17)15-8-10-3-2-4-11(7-10)16(18)19/h2-7H,8-9H2,1H3,(H,15,17). The van der Waals surface area contributed by atoms with Crippen LogP contribution in [0.2, 0.25) is 0 Å². The Morgan fingerprint density at radius 1 is 1.38 bits per heavy atom. The van der Waals surface area contributed by atoms with Gasteiger partial charge in [0.1, 0.15) is 12.4 Å². The third kappa shape index (κ3) is 3.90. The number of benzene rings is 1. The Labute approximate surface area is 120 Å². The summed E-state index contributed by atoms with van der Waals surface area (Å²) in [6, 6.07) is 9.30. The van der Waals surface area contributed by atoms with Crippen LogP contribution >= 0.6 is 0 Å². The van der Waals surface area contributed by atoms with Gasteiger partial charge in [-0.1, -0.05) is 12.1 Å². The first-order valence-electron chi connectivity index (χ1n) is 6.19. The molecule has 110 valence electrons. The highest BCUT2D eigenvalue weighted by Crippen LogP contribution is 2.13. The number of methoxy groups -OCH3 is 1. The molecule has 0 radical (unpaired) electrons. The van der Waals surface area contributed by atoms with Crippen LogP contribution in [0, 0.1) is 10.1 Å². The molecule has 2 aromatic rings. The number of hydrogen-bond acceptors (Lipinski definition) is 5. The van der Waals surface area contributed by atoms with E-state index in [1.165, 1.54) is 19.2 Å². The number of nitro benzene ring substituents is 1. The van der Waals surface area contributed by atoms with Crippen molar-refractivity contribution in [1.82, 2.24) is 5.32 Å². The topological polar surface area (TPSA) is 94.6 Å². The second-order valence-corrected chi connectivity index (χ2v) is 4.31. The molecule has 1 heterocycles. The van der Waals surface area contributed by atoms with Crippen molar-refractivity contribution < 1.29 is 18.9 Å². The minimum Gasteiger partial charge on any atom is -0.453 e. The largest absolute Gasteiger partial charge is 0.453 e. The van der Waals surface area contributed by atoms with Crippen molar-refractivity contribution in [1.29, 1.82) is 0 Å². The fourth-order valence-corrected chi connectivity index (χ4v) is 1.77. The van der Waals surface area contributed by atoms with Crippen LogP contribution in [0.4, 0.5) is 5.69 Å². The van der Waals surface area contributed by atoms with Gasteiger partial charge in [0.2, 0.25) is 0 Å². The van der Waals surface area contributed by atoms with Crippen LogP contribution in [0.1, 0.15) is 21.9 Å². The molecule has 0 aliphatic carbocycles. The minimum absolute atomic E-state index is 0.0119. The number of non-ortho nitro benzene ring substituents is 1. The van der Waals surface area contributed by atoms with E-state index in [0.29, 0.717) is 11.3 Å². The first-order valence-corrected chi connectivity index (χ1v) is 6.19. The molecule has 0 aliphatic rings. The van der Waals surface area contributed by atoms with Gasteiger partial charge in [0.25, 0.3) is 11.6 Å². The zero-order valence-corrected chi connectivity index (χ0v) is 11.4. The van der Waals surface area contributed by atoms with Crippen LogP contribution < -0.4 is 5.32 Å². The van der Waals surface area contributed by atoms with Gasteiger partial charge >= 0.3 is 0 Å². The summed E-state index contributed by atoms with van der Waals surface area (Å²) in [5.74, 6) is 0.342. The van der Waals surface area contributed by atoms with Crippen molar-refractivity contribution in [3.63, 3.8) is 0 Å². The van der Waals surface area contributed by atoms with Crippen LogP contribution in [-0.4, -0.2) is 17.9 Å². The Balaban J connectivity index is 1.97. The molecule has 1 aromatic heterocycles. The van der Waals surface area contributed by atoms with Gasteiger partial charge in [-0.15, -0.1) is 0 Å². The Morgan fingerprint density at radius 3 is 2.90 bits per heavy atom. The van der Waals surface area contributed by atoms with Crippen LogP contribution in [-0.2, 0) is 17.9 Å². The minimum atomic E-state index is -0.477. The van der Waals surface area contributed by atoms with Crippen LogP contribution in [0.25, 0.3) is 0 Å². The predicted octanol–water partition coefficient (Wildman–Crippen LogP) is 2.26. The van der Waals surface area contributed by atoms with Gasteiger partial charge in [0.15, 0.2) is 5.76 Å². The fraction of sp³-hybridized carbons (Fsp3) is 0.214. The van der Waals surface area contributed by atoms with E-state index in [1.54, 1.807) is 24.3 Å². The molecule has 0 saturated carbocycles. The molecule has 0 unspecified atom stereocenters. The molecular formula is C14H14N2O5. The molecule has 1 aromatic carbocycles. The number of carbonyl (C=O) groups excluding carboxylic acids is 1. The summed E-state index contributed by atoms with van der Waals surface area (Å²) in [5, 5.41) is 13.3. The first kappa shape index (κ1) is 14.7. The van der Waals surface area contributed by atoms with Crippen molar-refractivity contribution in [3.05, 3.63) is 63.6 Å². The Bertz CT molecular complexity index is 650. The summed E-state index contributed by atoms with van der Waals surface area (Å²) in [5.41, 5.74) is 0.628. The third-order valence-electron chi connectivity index (χ3n) is 2.75. The Hall–Kier alpha value is -2.67. The van der Waals surface area contributed by atoms with E-state index < -0.39 is 4.92 Å². The zero-order chi connectivity index (χ0) is 15.2. The van der Waals surface area contributed by atoms with Gasteiger partial charge in [-0.2, -0.15) is 0 Å². The van der Waals surface area contributed by atoms with Crippen molar-refractivity contribution >= 4 is 11.6 Å². The van der Waals surface area contributed by atoms with E-state index in [0.717, 1.165) is 0 Å². The number of ether oxygens (including phenoxy) is 1. The summed E-state index contributed by atoms with van der Waals surface area (Å²) in [7, 11) is 1.53. The quantitative estimate of drug-likeness (QED) is 0.650. The van der Waals surface area contributed by atoms with Gasteiger partial charge < -0.3 is 14.5 Å². The van der Waals surface area contributed by atoms with Gasteiger partial charge in [-0.3, -0.25) is 14.9 Å². The molecule has 0 aliphatic heterocycles. The summed E-state index contributed by atoms with van der Waals surface area (Å²) in [6.07, 6.45) is 0. The average Bonchev–Trinajstić information content (AvgIpc) is 2.94. The molecule has 7 nitrogen and oxygen atoms in total. The third-order valence-corrected chi connectivity index (χ3v) is 2.75. The summed E-state index contributed by atoms with van der Waals surface area (Å²) >= 11 is 0. The fourth-order valence-electron chi connectivity index (χ4n) is 1.77. The lowest BCUT2D eigenvalue weighted by Crippen LogP contribution is -2.22. The van der Waals surface area contributed by atoms with E-state index in [9.17, 15) is 14.9 Å². The molecule has 0 bridgehead atoms. The molecule has 21 heavy (non-hydrogen) atoms. The number of amides is 1. The van der Waals surface area contributed by atoms with Crippen LogP contribution in [0.15, 0.2) is 40.8 Å². The molecule has 2 rings (SSSR count). The summed E-state index contributed by atoms with van der Waals surface area (Å²) < 4.78 is 10.2. The average molecular weight is 290 g/mol. The molecule has 0 saturated heterocycles. The van der Waals surface area contributed by atoms with E-state index in [-0.39, 0.29) is 30.5 Å². The maximum atomic E-state index is 11.9. The van der Waals surface area contributed by atoms with E-state index in [1.807, 2.05) is 0 Å². The number of nitrogens with one attached hydrogen (secondary N) is 1. The van der Waals surface area contributed by atoms with Crippen LogP contribution in [0.3, 0.4) is 0 Å². The molecule has 1 N–H and O–H groups in total. The number of hydrogen-bond donors (Lipinski definition) is 1. The molecule has 0 fully saturated rings. The van der Waals surface area contributed by atoms with Gasteiger partial charge in [-0.25, -0.2) is 0 Å². The second-order valence-electron chi connectivity index (χ2n) is 4.31. The number of nitro groups is 1.